The van der Waals surface area contributed by atoms with Crippen molar-refractivity contribution in [2.45, 2.75) is 31.7 Å². The summed E-state index contributed by atoms with van der Waals surface area (Å²) in [6, 6.07) is 8.83. The minimum absolute atomic E-state index is 0.296. The van der Waals surface area contributed by atoms with Crippen LogP contribution in [0.3, 0.4) is 0 Å². The molecule has 2 aliphatic rings. The Kier molecular flexibility index (Phi) is 2.21. The molecule has 86 valence electrons. The molecule has 1 aromatic rings. The maximum atomic E-state index is 5.96. The molecule has 0 saturated heterocycles. The van der Waals surface area contributed by atoms with Crippen LogP contribution < -0.4 is 10.6 Å². The first-order chi connectivity index (χ1) is 7.75. The molecular weight excluding hydrogens is 196 g/mol. The van der Waals surface area contributed by atoms with Gasteiger partial charge in [0.25, 0.3) is 0 Å². The molecule has 0 amide bonds. The second kappa shape index (κ2) is 3.49. The zero-order chi connectivity index (χ0) is 11.2. The fourth-order valence-corrected chi connectivity index (χ4v) is 2.97. The third kappa shape index (κ3) is 1.44. The molecule has 0 bridgehead atoms. The number of fused-ring (bicyclic) bond motifs is 1. The van der Waals surface area contributed by atoms with E-state index in [0.717, 1.165) is 12.5 Å². The van der Waals surface area contributed by atoms with Gasteiger partial charge in [-0.15, -0.1) is 0 Å². The van der Waals surface area contributed by atoms with Gasteiger partial charge in [-0.25, -0.2) is 0 Å². The predicted octanol–water partition coefficient (Wildman–Crippen LogP) is 2.18. The van der Waals surface area contributed by atoms with E-state index in [2.05, 4.69) is 36.1 Å². The molecule has 1 fully saturated rings. The minimum Gasteiger partial charge on any atom is -0.364 e. The van der Waals surface area contributed by atoms with Crippen molar-refractivity contribution in [3.05, 3.63) is 29.8 Å². The van der Waals surface area contributed by atoms with Gasteiger partial charge in [0.15, 0.2) is 0 Å². The van der Waals surface area contributed by atoms with Crippen LogP contribution in [0.1, 0.15) is 25.3 Å². The van der Waals surface area contributed by atoms with Gasteiger partial charge in [-0.1, -0.05) is 25.1 Å². The van der Waals surface area contributed by atoms with Gasteiger partial charge >= 0.3 is 0 Å². The van der Waals surface area contributed by atoms with Crippen molar-refractivity contribution in [1.29, 1.82) is 0 Å². The van der Waals surface area contributed by atoms with Crippen LogP contribution in [0.25, 0.3) is 0 Å². The van der Waals surface area contributed by atoms with Gasteiger partial charge in [-0.3, -0.25) is 0 Å². The van der Waals surface area contributed by atoms with Crippen molar-refractivity contribution in [3.63, 3.8) is 0 Å². The number of nitrogens with zero attached hydrogens (tertiary/aromatic N) is 1. The van der Waals surface area contributed by atoms with Crippen LogP contribution in [0.5, 0.6) is 0 Å². The van der Waals surface area contributed by atoms with Crippen molar-refractivity contribution in [2.75, 3.05) is 18.0 Å². The smallest absolute Gasteiger partial charge is 0.0526 e. The fraction of sp³-hybridized carbons (Fsp3) is 0.571. The Morgan fingerprint density at radius 3 is 2.81 bits per heavy atom. The van der Waals surface area contributed by atoms with E-state index in [0.29, 0.717) is 5.54 Å². The second-order valence-electron chi connectivity index (χ2n) is 5.48. The maximum absolute atomic E-state index is 5.96. The van der Waals surface area contributed by atoms with Gasteiger partial charge in [0.2, 0.25) is 0 Å². The molecule has 1 aliphatic heterocycles. The molecule has 2 N–H and O–H groups in total. The van der Waals surface area contributed by atoms with Gasteiger partial charge in [-0.05, 0) is 36.8 Å². The zero-order valence-electron chi connectivity index (χ0n) is 9.95. The first kappa shape index (κ1) is 10.2. The van der Waals surface area contributed by atoms with Gasteiger partial charge < -0.3 is 10.6 Å². The maximum Gasteiger partial charge on any atom is 0.0526 e. The highest BCUT2D eigenvalue weighted by atomic mass is 15.3. The van der Waals surface area contributed by atoms with E-state index in [4.69, 9.17) is 5.73 Å². The van der Waals surface area contributed by atoms with E-state index in [-0.39, 0.29) is 0 Å². The van der Waals surface area contributed by atoms with Crippen LogP contribution in [0.15, 0.2) is 24.3 Å². The number of rotatable bonds is 2. The quantitative estimate of drug-likeness (QED) is 0.821. The molecule has 3 rings (SSSR count). The summed E-state index contributed by atoms with van der Waals surface area (Å²) in [4.78, 5) is 2.58. The minimum atomic E-state index is 0.296. The van der Waals surface area contributed by atoms with Crippen LogP contribution in [-0.4, -0.2) is 18.6 Å². The molecule has 2 nitrogen and oxygen atoms in total. The van der Waals surface area contributed by atoms with E-state index in [9.17, 15) is 0 Å². The molecule has 1 aromatic carbocycles. The van der Waals surface area contributed by atoms with Gasteiger partial charge in [-0.2, -0.15) is 0 Å². The lowest BCUT2D eigenvalue weighted by Crippen LogP contribution is -2.47. The van der Waals surface area contributed by atoms with Crippen LogP contribution in [0.2, 0.25) is 0 Å². The Balaban J connectivity index is 2.01. The third-order valence-corrected chi connectivity index (χ3v) is 4.12. The second-order valence-corrected chi connectivity index (χ2v) is 5.48. The number of hydrogen-bond acceptors (Lipinski definition) is 2. The summed E-state index contributed by atoms with van der Waals surface area (Å²) in [7, 11) is 0. The Labute approximate surface area is 97.4 Å². The summed E-state index contributed by atoms with van der Waals surface area (Å²) in [6.07, 6.45) is 3.75. The molecule has 2 heteroatoms. The molecule has 1 unspecified atom stereocenters. The zero-order valence-corrected chi connectivity index (χ0v) is 9.95. The number of para-hydroxylation sites is 1. The Hall–Kier alpha value is -1.02. The van der Waals surface area contributed by atoms with Crippen molar-refractivity contribution in [3.8, 4) is 0 Å². The van der Waals surface area contributed by atoms with E-state index >= 15 is 0 Å². The van der Waals surface area contributed by atoms with E-state index < -0.39 is 0 Å². The summed E-state index contributed by atoms with van der Waals surface area (Å²) in [5.74, 6) is 0.749. The molecular formula is C14H20N2. The number of benzene rings is 1. The van der Waals surface area contributed by atoms with Gasteiger partial charge in [0.05, 0.1) is 5.54 Å². The highest BCUT2D eigenvalue weighted by molar-refractivity contribution is 5.59. The lowest BCUT2D eigenvalue weighted by Gasteiger charge is -2.40. The molecule has 0 radical (unpaired) electrons. The molecule has 0 spiro atoms. The monoisotopic (exact) mass is 216 g/mol. The van der Waals surface area contributed by atoms with Crippen LogP contribution in [-0.2, 0) is 6.42 Å². The number of hydrogen-bond donors (Lipinski definition) is 1. The molecule has 1 aliphatic carbocycles. The van der Waals surface area contributed by atoms with Crippen LogP contribution >= 0.6 is 0 Å². The van der Waals surface area contributed by atoms with Crippen LogP contribution in [0.4, 0.5) is 5.69 Å². The average Bonchev–Trinajstić information content (AvgIpc) is 3.08. The van der Waals surface area contributed by atoms with E-state index in [1.807, 2.05) is 0 Å². The van der Waals surface area contributed by atoms with Crippen LogP contribution in [0, 0.1) is 5.92 Å². The number of nitrogens with two attached hydrogens (primary N) is 1. The predicted molar refractivity (Wildman–Crippen MR) is 67.7 cm³/mol. The first-order valence-corrected chi connectivity index (χ1v) is 6.31. The molecule has 1 saturated carbocycles. The Morgan fingerprint density at radius 2 is 2.12 bits per heavy atom. The Bertz CT molecular complexity index is 395. The standard InChI is InChI=1S/C14H20N2/c1-11-8-12-4-2-3-5-13(12)16(9-11)14(10-15)6-7-14/h2-5,11H,6-10,15H2,1H3. The lowest BCUT2D eigenvalue weighted by molar-refractivity contribution is 0.474. The van der Waals surface area contributed by atoms with Crippen molar-refractivity contribution in [1.82, 2.24) is 0 Å². The van der Waals surface area contributed by atoms with Crippen molar-refractivity contribution in [2.24, 2.45) is 11.7 Å². The molecule has 1 heterocycles. The van der Waals surface area contributed by atoms with E-state index in [1.54, 1.807) is 0 Å². The highest BCUT2D eigenvalue weighted by Gasteiger charge is 2.48. The fourth-order valence-electron chi connectivity index (χ4n) is 2.97. The summed E-state index contributed by atoms with van der Waals surface area (Å²) >= 11 is 0. The lowest BCUT2D eigenvalue weighted by atomic mass is 9.92. The summed E-state index contributed by atoms with van der Waals surface area (Å²) in [6.45, 7) is 4.32. The normalized spacial score (nSPS) is 26.4. The number of anilines is 1. The largest absolute Gasteiger partial charge is 0.364 e. The average molecular weight is 216 g/mol. The van der Waals surface area contributed by atoms with Crippen molar-refractivity contribution >= 4 is 5.69 Å². The van der Waals surface area contributed by atoms with Crippen molar-refractivity contribution < 1.29 is 0 Å². The van der Waals surface area contributed by atoms with E-state index in [1.165, 1.54) is 37.1 Å². The Morgan fingerprint density at radius 1 is 1.38 bits per heavy atom. The summed E-state index contributed by atoms with van der Waals surface area (Å²) in [5, 5.41) is 0. The molecule has 0 aromatic heterocycles. The molecule has 16 heavy (non-hydrogen) atoms. The summed E-state index contributed by atoms with van der Waals surface area (Å²) < 4.78 is 0. The topological polar surface area (TPSA) is 29.3 Å². The van der Waals surface area contributed by atoms with Gasteiger partial charge in [0.1, 0.15) is 0 Å². The SMILES string of the molecule is CC1Cc2ccccc2N(C2(CN)CC2)C1. The first-order valence-electron chi connectivity index (χ1n) is 6.31. The highest BCUT2D eigenvalue weighted by Crippen LogP contribution is 2.46. The summed E-state index contributed by atoms with van der Waals surface area (Å²) in [5.41, 5.74) is 9.19. The van der Waals surface area contributed by atoms with Gasteiger partial charge in [0, 0.05) is 18.8 Å². The molecule has 1 atom stereocenters. The third-order valence-electron chi connectivity index (χ3n) is 4.12.